The predicted molar refractivity (Wildman–Crippen MR) is 79.6 cm³/mol. The molecule has 1 heteroatoms. The Balaban J connectivity index is 1.91. The van der Waals surface area contributed by atoms with E-state index in [0.29, 0.717) is 4.83 Å². The lowest BCUT2D eigenvalue weighted by molar-refractivity contribution is 0.646. The van der Waals surface area contributed by atoms with Crippen molar-refractivity contribution in [2.45, 2.75) is 50.3 Å². The lowest BCUT2D eigenvalue weighted by Crippen LogP contribution is -2.00. The number of rotatable bonds is 6. The van der Waals surface area contributed by atoms with Crippen molar-refractivity contribution in [3.8, 4) is 0 Å². The monoisotopic (exact) mass is 292 g/mol. The maximum Gasteiger partial charge on any atom is 0.0398 e. The van der Waals surface area contributed by atoms with Crippen LogP contribution in [0.5, 0.6) is 0 Å². The Bertz CT molecular complexity index is 392. The molecule has 0 saturated heterocycles. The molecular weight excluding hydrogens is 272 g/mol. The normalized spacial score (nSPS) is 15.5. The number of allylic oxidation sites excluding steroid dienone is 2. The summed E-state index contributed by atoms with van der Waals surface area (Å²) in [7, 11) is 0. The predicted octanol–water partition coefficient (Wildman–Crippen LogP) is 5.36. The Morgan fingerprint density at radius 3 is 2.82 bits per heavy atom. The van der Waals surface area contributed by atoms with Crippen LogP contribution in [0.2, 0.25) is 0 Å². The summed E-state index contributed by atoms with van der Waals surface area (Å²) in [6.07, 6.45) is 10.2. The summed E-state index contributed by atoms with van der Waals surface area (Å²) in [4.78, 5) is 0.544. The zero-order valence-corrected chi connectivity index (χ0v) is 12.2. The van der Waals surface area contributed by atoms with E-state index in [1.54, 1.807) is 0 Å². The summed E-state index contributed by atoms with van der Waals surface area (Å²) in [5.74, 6) is 0. The van der Waals surface area contributed by atoms with Gasteiger partial charge in [0, 0.05) is 4.83 Å². The molecule has 1 aliphatic rings. The van der Waals surface area contributed by atoms with Crippen molar-refractivity contribution in [3.05, 3.63) is 41.5 Å². The van der Waals surface area contributed by atoms with Gasteiger partial charge in [0.05, 0.1) is 0 Å². The van der Waals surface area contributed by atoms with Crippen molar-refractivity contribution in [1.82, 2.24) is 0 Å². The molecule has 0 aliphatic heterocycles. The summed E-state index contributed by atoms with van der Waals surface area (Å²) in [6.45, 7) is 2.27. The molecule has 0 amide bonds. The highest BCUT2D eigenvalue weighted by Gasteiger charge is 2.19. The fourth-order valence-electron chi connectivity index (χ4n) is 2.51. The molecule has 0 aromatic heterocycles. The number of fused-ring (bicyclic) bond motifs is 1. The first-order chi connectivity index (χ1) is 8.33. The van der Waals surface area contributed by atoms with E-state index in [0.717, 1.165) is 6.42 Å². The summed E-state index contributed by atoms with van der Waals surface area (Å²) < 4.78 is 0. The number of benzene rings is 1. The molecule has 1 aromatic carbocycles. The van der Waals surface area contributed by atoms with Gasteiger partial charge in [0.15, 0.2) is 0 Å². The second kappa shape index (κ2) is 6.39. The molecule has 0 heterocycles. The third-order valence-corrected chi connectivity index (χ3v) is 4.47. The van der Waals surface area contributed by atoms with Gasteiger partial charge in [0.1, 0.15) is 0 Å². The third kappa shape index (κ3) is 3.22. The molecule has 1 aliphatic carbocycles. The second-order valence-corrected chi connectivity index (χ2v) is 5.94. The van der Waals surface area contributed by atoms with Gasteiger partial charge < -0.3 is 0 Å². The first-order valence-corrected chi connectivity index (χ1v) is 7.67. The quantitative estimate of drug-likeness (QED) is 0.489. The van der Waals surface area contributed by atoms with Gasteiger partial charge in [-0.3, -0.25) is 0 Å². The van der Waals surface area contributed by atoms with E-state index in [9.17, 15) is 0 Å². The highest BCUT2D eigenvalue weighted by Crippen LogP contribution is 2.35. The summed E-state index contributed by atoms with van der Waals surface area (Å²) in [5.41, 5.74) is 4.46. The lowest BCUT2D eigenvalue weighted by atomic mass is 10.00. The van der Waals surface area contributed by atoms with Crippen molar-refractivity contribution >= 4 is 21.5 Å². The molecule has 1 unspecified atom stereocenters. The topological polar surface area (TPSA) is 0 Å². The number of unbranched alkanes of at least 4 members (excludes halogenated alkanes) is 3. The molecule has 0 radical (unpaired) electrons. The van der Waals surface area contributed by atoms with Crippen LogP contribution in [0.15, 0.2) is 30.3 Å². The molecule has 0 saturated carbocycles. The lowest BCUT2D eigenvalue weighted by Gasteiger charge is -2.13. The fraction of sp³-hybridized carbons (Fsp3) is 0.500. The Labute approximate surface area is 113 Å². The van der Waals surface area contributed by atoms with Crippen LogP contribution in [0, 0.1) is 0 Å². The van der Waals surface area contributed by atoms with E-state index >= 15 is 0 Å². The van der Waals surface area contributed by atoms with E-state index in [2.05, 4.69) is 53.2 Å². The number of alkyl halides is 1. The van der Waals surface area contributed by atoms with Crippen LogP contribution >= 0.6 is 15.9 Å². The average Bonchev–Trinajstić information content (AvgIpc) is 2.78. The van der Waals surface area contributed by atoms with Crippen LogP contribution in [0.3, 0.4) is 0 Å². The van der Waals surface area contributed by atoms with Crippen molar-refractivity contribution in [2.75, 3.05) is 0 Å². The van der Waals surface area contributed by atoms with E-state index < -0.39 is 0 Å². The SMILES string of the molecule is CCCCCCC(Br)C1=CCc2ccccc21. The van der Waals surface area contributed by atoms with Gasteiger partial charge in [-0.2, -0.15) is 0 Å². The van der Waals surface area contributed by atoms with Crippen LogP contribution in [0.25, 0.3) is 5.57 Å². The van der Waals surface area contributed by atoms with Crippen molar-refractivity contribution < 1.29 is 0 Å². The van der Waals surface area contributed by atoms with Crippen molar-refractivity contribution in [1.29, 1.82) is 0 Å². The summed E-state index contributed by atoms with van der Waals surface area (Å²) in [6, 6.07) is 8.79. The van der Waals surface area contributed by atoms with Gasteiger partial charge in [-0.05, 0) is 29.5 Å². The minimum atomic E-state index is 0.544. The molecule has 0 fully saturated rings. The van der Waals surface area contributed by atoms with Crippen molar-refractivity contribution in [2.24, 2.45) is 0 Å². The van der Waals surface area contributed by atoms with Crippen LogP contribution in [0.4, 0.5) is 0 Å². The van der Waals surface area contributed by atoms with Crippen LogP contribution in [0.1, 0.15) is 50.2 Å². The van der Waals surface area contributed by atoms with Crippen molar-refractivity contribution in [3.63, 3.8) is 0 Å². The van der Waals surface area contributed by atoms with Gasteiger partial charge in [0.2, 0.25) is 0 Å². The van der Waals surface area contributed by atoms with Gasteiger partial charge in [-0.25, -0.2) is 0 Å². The molecule has 0 bridgehead atoms. The van der Waals surface area contributed by atoms with Crippen LogP contribution in [-0.4, -0.2) is 4.83 Å². The fourth-order valence-corrected chi connectivity index (χ4v) is 3.27. The molecule has 1 aromatic rings. The van der Waals surface area contributed by atoms with Gasteiger partial charge in [-0.1, -0.05) is 78.9 Å². The van der Waals surface area contributed by atoms with Gasteiger partial charge >= 0.3 is 0 Å². The zero-order chi connectivity index (χ0) is 12.1. The first-order valence-electron chi connectivity index (χ1n) is 6.75. The highest BCUT2D eigenvalue weighted by atomic mass is 79.9. The molecule has 0 spiro atoms. The Morgan fingerprint density at radius 1 is 1.18 bits per heavy atom. The van der Waals surface area contributed by atoms with E-state index in [4.69, 9.17) is 0 Å². The average molecular weight is 293 g/mol. The van der Waals surface area contributed by atoms with Gasteiger partial charge in [-0.15, -0.1) is 0 Å². The maximum absolute atomic E-state index is 3.86. The Kier molecular flexibility index (Phi) is 4.85. The minimum absolute atomic E-state index is 0.544. The smallest absolute Gasteiger partial charge is 0.0398 e. The Hall–Kier alpha value is -0.560. The van der Waals surface area contributed by atoms with Crippen LogP contribution in [-0.2, 0) is 6.42 Å². The minimum Gasteiger partial charge on any atom is -0.0839 e. The van der Waals surface area contributed by atoms with E-state index in [1.807, 2.05) is 0 Å². The zero-order valence-electron chi connectivity index (χ0n) is 10.6. The van der Waals surface area contributed by atoms with E-state index in [1.165, 1.54) is 48.8 Å². The highest BCUT2D eigenvalue weighted by molar-refractivity contribution is 9.09. The number of hydrogen-bond donors (Lipinski definition) is 0. The molecule has 2 rings (SSSR count). The summed E-state index contributed by atoms with van der Waals surface area (Å²) >= 11 is 3.86. The maximum atomic E-state index is 3.86. The molecule has 0 nitrogen and oxygen atoms in total. The molecule has 0 N–H and O–H groups in total. The molecule has 92 valence electrons. The largest absolute Gasteiger partial charge is 0.0839 e. The first kappa shape index (κ1) is 12.9. The summed E-state index contributed by atoms with van der Waals surface area (Å²) in [5, 5.41) is 0. The molecule has 17 heavy (non-hydrogen) atoms. The third-order valence-electron chi connectivity index (χ3n) is 3.52. The Morgan fingerprint density at radius 2 is 2.00 bits per heavy atom. The molecular formula is C16H21Br. The van der Waals surface area contributed by atoms with Crippen LogP contribution < -0.4 is 0 Å². The van der Waals surface area contributed by atoms with E-state index in [-0.39, 0.29) is 0 Å². The molecule has 1 atom stereocenters. The number of hydrogen-bond acceptors (Lipinski definition) is 0. The van der Waals surface area contributed by atoms with Gasteiger partial charge in [0.25, 0.3) is 0 Å². The number of halogens is 1. The second-order valence-electron chi connectivity index (χ2n) is 4.84. The standard InChI is InChI=1S/C16H21Br/c1-2-3-4-5-10-16(17)15-12-11-13-8-6-7-9-14(13)15/h6-9,12,16H,2-5,10-11H2,1H3.